The van der Waals surface area contributed by atoms with Crippen LogP contribution in [0.1, 0.15) is 93.0 Å². The van der Waals surface area contributed by atoms with E-state index in [1.165, 1.54) is 76.2 Å². The van der Waals surface area contributed by atoms with Crippen molar-refractivity contribution in [2.45, 2.75) is 89.5 Å². The molecule has 160 valence electrons. The Morgan fingerprint density at radius 2 is 1.83 bits per heavy atom. The molecule has 2 N–H and O–H groups in total. The van der Waals surface area contributed by atoms with Crippen LogP contribution in [0.2, 0.25) is 5.02 Å². The number of benzene rings is 1. The number of aryl methyl sites for hydroxylation is 1. The highest BCUT2D eigenvalue weighted by Gasteiger charge is 2.39. The van der Waals surface area contributed by atoms with E-state index in [-0.39, 0.29) is 5.91 Å². The van der Waals surface area contributed by atoms with E-state index >= 15 is 0 Å². The molecule has 1 amide bonds. The number of hydrogen-bond donors (Lipinski definition) is 2. The molecule has 0 heterocycles. The van der Waals surface area contributed by atoms with Gasteiger partial charge in [0.25, 0.3) is 5.91 Å². The molecule has 3 aliphatic rings. The van der Waals surface area contributed by atoms with Gasteiger partial charge < -0.3 is 10.6 Å². The van der Waals surface area contributed by atoms with E-state index in [0.29, 0.717) is 16.0 Å². The minimum Gasteiger partial charge on any atom is -0.351 e. The van der Waals surface area contributed by atoms with Gasteiger partial charge in [-0.2, -0.15) is 0 Å². The third kappa shape index (κ3) is 5.55. The Kier molecular flexibility index (Phi) is 7.18. The highest BCUT2D eigenvalue weighted by molar-refractivity contribution is 6.33. The largest absolute Gasteiger partial charge is 0.351 e. The normalized spacial score (nSPS) is 27.1. The maximum absolute atomic E-state index is 12.9. The topological polar surface area (TPSA) is 41.1 Å². The second kappa shape index (κ2) is 9.83. The van der Waals surface area contributed by atoms with Gasteiger partial charge in [-0.05, 0) is 80.5 Å². The van der Waals surface area contributed by atoms with Crippen molar-refractivity contribution in [3.63, 3.8) is 0 Å². The molecule has 29 heavy (non-hydrogen) atoms. The second-order valence-corrected chi connectivity index (χ2v) is 10.3. The summed E-state index contributed by atoms with van der Waals surface area (Å²) in [6.07, 6.45) is 16.7. The van der Waals surface area contributed by atoms with Gasteiger partial charge in [0.05, 0.1) is 10.6 Å². The van der Waals surface area contributed by atoms with Gasteiger partial charge in [-0.1, -0.05) is 56.2 Å². The number of rotatable bonds is 8. The summed E-state index contributed by atoms with van der Waals surface area (Å²) in [5.41, 5.74) is 2.20. The SMILES string of the molecule is O=C(NCC12CCCC(CCC1)C2)c1cc(CCCNC2CCCC2)ccc1Cl. The van der Waals surface area contributed by atoms with E-state index in [4.69, 9.17) is 11.6 Å². The molecule has 4 rings (SSSR count). The van der Waals surface area contributed by atoms with Gasteiger partial charge >= 0.3 is 0 Å². The van der Waals surface area contributed by atoms with Crippen LogP contribution in [-0.4, -0.2) is 25.0 Å². The van der Waals surface area contributed by atoms with Gasteiger partial charge in [-0.25, -0.2) is 0 Å². The average Bonchev–Trinajstić information content (AvgIpc) is 3.24. The molecular weight excluding hydrogens is 380 g/mol. The highest BCUT2D eigenvalue weighted by Crippen LogP contribution is 2.48. The van der Waals surface area contributed by atoms with Crippen LogP contribution in [0.5, 0.6) is 0 Å². The minimum absolute atomic E-state index is 0.00278. The summed E-state index contributed by atoms with van der Waals surface area (Å²) in [6.45, 7) is 1.87. The second-order valence-electron chi connectivity index (χ2n) is 9.89. The first-order chi connectivity index (χ1) is 14.1. The molecule has 0 saturated heterocycles. The number of hydrogen-bond acceptors (Lipinski definition) is 2. The lowest BCUT2D eigenvalue weighted by atomic mass is 9.62. The van der Waals surface area contributed by atoms with Crippen LogP contribution in [0.25, 0.3) is 0 Å². The summed E-state index contributed by atoms with van der Waals surface area (Å²) in [5, 5.41) is 7.49. The maximum atomic E-state index is 12.9. The molecule has 1 aromatic rings. The van der Waals surface area contributed by atoms with E-state index in [1.54, 1.807) is 0 Å². The fraction of sp³-hybridized carbons (Fsp3) is 0.720. The molecule has 0 spiro atoms. The van der Waals surface area contributed by atoms with Gasteiger partial charge in [0.2, 0.25) is 0 Å². The van der Waals surface area contributed by atoms with Crippen molar-refractivity contribution in [3.8, 4) is 0 Å². The van der Waals surface area contributed by atoms with Crippen LogP contribution < -0.4 is 10.6 Å². The lowest BCUT2D eigenvalue weighted by molar-refractivity contribution is 0.0682. The van der Waals surface area contributed by atoms with Gasteiger partial charge in [-0.3, -0.25) is 4.79 Å². The minimum atomic E-state index is 0.00278. The molecule has 4 heteroatoms. The van der Waals surface area contributed by atoms with E-state index in [2.05, 4.69) is 16.7 Å². The number of amides is 1. The molecule has 0 unspecified atom stereocenters. The van der Waals surface area contributed by atoms with Crippen molar-refractivity contribution in [2.24, 2.45) is 11.3 Å². The van der Waals surface area contributed by atoms with Crippen LogP contribution in [-0.2, 0) is 6.42 Å². The van der Waals surface area contributed by atoms with Crippen molar-refractivity contribution in [1.82, 2.24) is 10.6 Å². The molecule has 3 fully saturated rings. The zero-order valence-electron chi connectivity index (χ0n) is 17.8. The summed E-state index contributed by atoms with van der Waals surface area (Å²) in [6, 6.07) is 6.70. The van der Waals surface area contributed by atoms with E-state index in [9.17, 15) is 4.79 Å². The zero-order valence-corrected chi connectivity index (χ0v) is 18.5. The Labute approximate surface area is 181 Å². The number of carbonyl (C=O) groups excluding carboxylic acids is 1. The first kappa shape index (κ1) is 21.2. The molecule has 0 atom stereocenters. The first-order valence-electron chi connectivity index (χ1n) is 11.9. The summed E-state index contributed by atoms with van der Waals surface area (Å²) >= 11 is 6.39. The average molecular weight is 417 g/mol. The molecule has 3 saturated carbocycles. The quantitative estimate of drug-likeness (QED) is 0.518. The van der Waals surface area contributed by atoms with Crippen molar-refractivity contribution < 1.29 is 4.79 Å². The predicted octanol–water partition coefficient (Wildman–Crippen LogP) is 5.90. The molecule has 3 aliphatic carbocycles. The number of nitrogens with one attached hydrogen (secondary N) is 2. The number of halogens is 1. The smallest absolute Gasteiger partial charge is 0.252 e. The molecule has 0 aromatic heterocycles. The van der Waals surface area contributed by atoms with Crippen LogP contribution in [0.4, 0.5) is 0 Å². The Morgan fingerprint density at radius 3 is 2.59 bits per heavy atom. The van der Waals surface area contributed by atoms with Gasteiger partial charge in [0, 0.05) is 12.6 Å². The number of fused-ring (bicyclic) bond motifs is 2. The standard InChI is InChI=1S/C25H37ClN2O/c26-23-12-11-19(8-5-15-27-21-9-1-2-10-21)16-22(23)24(29)28-18-25-13-3-6-20(17-25)7-4-14-25/h11-12,16,20-21,27H,1-10,13-15,17-18H2,(H,28,29). The maximum Gasteiger partial charge on any atom is 0.252 e. The third-order valence-corrected chi connectivity index (χ3v) is 8.02. The molecule has 2 bridgehead atoms. The van der Waals surface area contributed by atoms with E-state index in [0.717, 1.165) is 37.9 Å². The predicted molar refractivity (Wildman–Crippen MR) is 121 cm³/mol. The van der Waals surface area contributed by atoms with Crippen LogP contribution in [0.3, 0.4) is 0 Å². The lowest BCUT2D eigenvalue weighted by Gasteiger charge is -2.45. The van der Waals surface area contributed by atoms with Gasteiger partial charge in [0.15, 0.2) is 0 Å². The highest BCUT2D eigenvalue weighted by atomic mass is 35.5. The van der Waals surface area contributed by atoms with E-state index < -0.39 is 0 Å². The fourth-order valence-electron chi connectivity index (χ4n) is 6.06. The first-order valence-corrected chi connectivity index (χ1v) is 12.3. The Balaban J connectivity index is 1.29. The molecule has 1 aromatic carbocycles. The summed E-state index contributed by atoms with van der Waals surface area (Å²) in [4.78, 5) is 12.9. The summed E-state index contributed by atoms with van der Waals surface area (Å²) < 4.78 is 0. The van der Waals surface area contributed by atoms with Crippen LogP contribution in [0.15, 0.2) is 18.2 Å². The van der Waals surface area contributed by atoms with Crippen LogP contribution in [0, 0.1) is 11.3 Å². The Bertz CT molecular complexity index is 688. The molecule has 0 radical (unpaired) electrons. The monoisotopic (exact) mass is 416 g/mol. The zero-order chi connectivity index (χ0) is 20.1. The summed E-state index contributed by atoms with van der Waals surface area (Å²) in [5.74, 6) is 0.891. The Hall–Kier alpha value is -1.06. The van der Waals surface area contributed by atoms with Crippen LogP contribution >= 0.6 is 11.6 Å². The van der Waals surface area contributed by atoms with Gasteiger partial charge in [-0.15, -0.1) is 0 Å². The molecule has 0 aliphatic heterocycles. The fourth-order valence-corrected chi connectivity index (χ4v) is 6.27. The van der Waals surface area contributed by atoms with Crippen molar-refractivity contribution in [1.29, 1.82) is 0 Å². The van der Waals surface area contributed by atoms with Crippen molar-refractivity contribution in [3.05, 3.63) is 34.3 Å². The van der Waals surface area contributed by atoms with Crippen molar-refractivity contribution in [2.75, 3.05) is 13.1 Å². The lowest BCUT2D eigenvalue weighted by Crippen LogP contribution is -2.43. The Morgan fingerprint density at radius 1 is 1.07 bits per heavy atom. The van der Waals surface area contributed by atoms with Crippen molar-refractivity contribution >= 4 is 17.5 Å². The summed E-state index contributed by atoms with van der Waals surface area (Å²) in [7, 11) is 0. The van der Waals surface area contributed by atoms with Gasteiger partial charge in [0.1, 0.15) is 0 Å². The molecular formula is C25H37ClN2O. The van der Waals surface area contributed by atoms with E-state index in [1.807, 2.05) is 12.1 Å². The molecule has 3 nitrogen and oxygen atoms in total. The number of carbonyl (C=O) groups is 1. The third-order valence-electron chi connectivity index (χ3n) is 7.69.